The van der Waals surface area contributed by atoms with Gasteiger partial charge in [0.25, 0.3) is 0 Å². The van der Waals surface area contributed by atoms with E-state index in [2.05, 4.69) is 4.74 Å². The van der Waals surface area contributed by atoms with Gasteiger partial charge in [-0.15, -0.1) is 11.8 Å². The van der Waals surface area contributed by atoms with Gasteiger partial charge in [-0.2, -0.15) is 26.3 Å². The molecule has 0 aliphatic rings. The first kappa shape index (κ1) is 18.1. The molecule has 0 aliphatic carbocycles. The Labute approximate surface area is 110 Å². The van der Waals surface area contributed by atoms with Gasteiger partial charge in [-0.05, 0) is 6.42 Å². The van der Waals surface area contributed by atoms with Crippen LogP contribution in [-0.2, 0) is 9.53 Å². The fraction of sp³-hybridized carbons (Fsp3) is 0.700. The van der Waals surface area contributed by atoms with E-state index in [0.717, 1.165) is 7.11 Å². The molecule has 2 nitrogen and oxygen atoms in total. The maximum atomic E-state index is 11.9. The zero-order chi connectivity index (χ0) is 15.1. The van der Waals surface area contributed by atoms with E-state index in [1.165, 1.54) is 0 Å². The van der Waals surface area contributed by atoms with Crippen LogP contribution in [0.15, 0.2) is 12.2 Å². The van der Waals surface area contributed by atoms with Gasteiger partial charge < -0.3 is 4.74 Å². The highest BCUT2D eigenvalue weighted by molar-refractivity contribution is 8.00. The van der Waals surface area contributed by atoms with Gasteiger partial charge >= 0.3 is 18.3 Å². The lowest BCUT2D eigenvalue weighted by molar-refractivity contribution is -0.140. The van der Waals surface area contributed by atoms with Gasteiger partial charge in [-0.3, -0.25) is 4.79 Å². The zero-order valence-electron chi connectivity index (χ0n) is 9.85. The number of carbonyl (C=O) groups excluding carboxylic acids is 1. The first-order valence-corrected chi connectivity index (χ1v) is 6.10. The minimum Gasteiger partial charge on any atom is -0.468 e. The van der Waals surface area contributed by atoms with Crippen molar-refractivity contribution >= 4 is 17.7 Å². The van der Waals surface area contributed by atoms with E-state index in [-0.39, 0.29) is 12.5 Å². The Kier molecular flexibility index (Phi) is 7.32. The Morgan fingerprint density at radius 3 is 2.26 bits per heavy atom. The van der Waals surface area contributed by atoms with Crippen molar-refractivity contribution < 1.29 is 35.9 Å². The molecular formula is C10H12F6O2S. The van der Waals surface area contributed by atoms with Gasteiger partial charge in [0.05, 0.1) is 13.5 Å². The van der Waals surface area contributed by atoms with Crippen LogP contribution in [0, 0.1) is 0 Å². The summed E-state index contributed by atoms with van der Waals surface area (Å²) in [7, 11) is 1.02. The number of alkyl halides is 6. The van der Waals surface area contributed by atoms with Crippen LogP contribution in [0.25, 0.3) is 0 Å². The second kappa shape index (κ2) is 7.66. The van der Waals surface area contributed by atoms with Crippen LogP contribution in [-0.4, -0.2) is 36.4 Å². The van der Waals surface area contributed by atoms with Crippen LogP contribution >= 0.6 is 11.8 Å². The number of carbonyl (C=O) groups is 1. The predicted octanol–water partition coefficient (Wildman–Crippen LogP) is 3.72. The maximum Gasteiger partial charge on any atom is 0.409 e. The quantitative estimate of drug-likeness (QED) is 0.425. The van der Waals surface area contributed by atoms with Crippen LogP contribution < -0.4 is 0 Å². The van der Waals surface area contributed by atoms with Gasteiger partial charge in [-0.25, -0.2) is 0 Å². The molecule has 0 fully saturated rings. The summed E-state index contributed by atoms with van der Waals surface area (Å²) in [6.45, 7) is 0. The van der Waals surface area contributed by atoms with E-state index in [9.17, 15) is 31.1 Å². The number of thioether (sulfide) groups is 1. The molecule has 1 atom stereocenters. The third-order valence-electron chi connectivity index (χ3n) is 1.83. The Morgan fingerprint density at radius 1 is 1.26 bits per heavy atom. The first-order valence-electron chi connectivity index (χ1n) is 5.06. The third-order valence-corrected chi connectivity index (χ3v) is 3.05. The minimum atomic E-state index is -4.52. The second-order valence-corrected chi connectivity index (χ2v) is 4.74. The van der Waals surface area contributed by atoms with Gasteiger partial charge in [-0.1, -0.05) is 6.08 Å². The van der Waals surface area contributed by atoms with Crippen molar-refractivity contribution in [1.29, 1.82) is 0 Å². The van der Waals surface area contributed by atoms with Gasteiger partial charge in [0.2, 0.25) is 0 Å². The van der Waals surface area contributed by atoms with Crippen LogP contribution in [0.3, 0.4) is 0 Å². The van der Waals surface area contributed by atoms with Crippen LogP contribution in [0.2, 0.25) is 0 Å². The van der Waals surface area contributed by atoms with Crippen molar-refractivity contribution in [1.82, 2.24) is 0 Å². The summed E-state index contributed by atoms with van der Waals surface area (Å²) < 4.78 is 75.6. The normalized spacial score (nSPS) is 14.7. The van der Waals surface area contributed by atoms with Crippen molar-refractivity contribution in [2.45, 2.75) is 30.4 Å². The molecule has 0 saturated heterocycles. The molecule has 0 saturated carbocycles. The Bertz CT molecular complexity index is 310. The molecular weight excluding hydrogens is 298 g/mol. The summed E-state index contributed by atoms with van der Waals surface area (Å²) in [6.07, 6.45) is -9.70. The lowest BCUT2D eigenvalue weighted by atomic mass is 10.3. The molecule has 0 amide bonds. The van der Waals surface area contributed by atoms with E-state index in [4.69, 9.17) is 0 Å². The van der Waals surface area contributed by atoms with Gasteiger partial charge in [0.15, 0.2) is 0 Å². The number of ether oxygens (including phenoxy) is 1. The molecule has 19 heavy (non-hydrogen) atoms. The molecule has 0 aliphatic heterocycles. The Balaban J connectivity index is 4.33. The average Bonchev–Trinajstić information content (AvgIpc) is 2.22. The lowest BCUT2D eigenvalue weighted by Crippen LogP contribution is -2.20. The number of hydrogen-bond acceptors (Lipinski definition) is 3. The fourth-order valence-corrected chi connectivity index (χ4v) is 2.12. The van der Waals surface area contributed by atoms with Crippen molar-refractivity contribution in [3.63, 3.8) is 0 Å². The van der Waals surface area contributed by atoms with E-state index < -0.39 is 35.7 Å². The van der Waals surface area contributed by atoms with E-state index >= 15 is 0 Å². The second-order valence-electron chi connectivity index (χ2n) is 3.43. The molecule has 0 aromatic heterocycles. The Hall–Kier alpha value is -0.860. The average molecular weight is 310 g/mol. The van der Waals surface area contributed by atoms with Crippen molar-refractivity contribution in [3.8, 4) is 0 Å². The van der Waals surface area contributed by atoms with Crippen molar-refractivity contribution in [3.05, 3.63) is 12.2 Å². The maximum absolute atomic E-state index is 11.9. The standard InChI is InChI=1S/C10H12F6O2S/c1-18-8(17)7(3-2-4-9(11,12)13)19-6-5-10(14,15)16/h2,4,7H,3,5-6H2,1H3. The lowest BCUT2D eigenvalue weighted by Gasteiger charge is -2.13. The topological polar surface area (TPSA) is 26.3 Å². The molecule has 0 spiro atoms. The molecule has 112 valence electrons. The zero-order valence-corrected chi connectivity index (χ0v) is 10.7. The summed E-state index contributed by atoms with van der Waals surface area (Å²) in [5.41, 5.74) is 0. The van der Waals surface area contributed by atoms with Crippen molar-refractivity contribution in [2.75, 3.05) is 12.9 Å². The molecule has 0 aromatic rings. The van der Waals surface area contributed by atoms with E-state index in [1.54, 1.807) is 0 Å². The molecule has 0 aromatic carbocycles. The molecule has 0 bridgehead atoms. The summed E-state index contributed by atoms with van der Waals surface area (Å²) in [4.78, 5) is 11.2. The largest absolute Gasteiger partial charge is 0.468 e. The molecule has 9 heteroatoms. The molecule has 0 radical (unpaired) electrons. The third kappa shape index (κ3) is 10.7. The number of halogens is 6. The fourth-order valence-electron chi connectivity index (χ4n) is 1.01. The monoisotopic (exact) mass is 310 g/mol. The number of esters is 1. The smallest absolute Gasteiger partial charge is 0.409 e. The van der Waals surface area contributed by atoms with Crippen molar-refractivity contribution in [2.24, 2.45) is 0 Å². The Morgan fingerprint density at radius 2 is 1.84 bits per heavy atom. The molecule has 0 heterocycles. The summed E-state index contributed by atoms with van der Waals surface area (Å²) in [6, 6.07) is 0. The molecule has 0 N–H and O–H groups in total. The van der Waals surface area contributed by atoms with E-state index in [0.29, 0.717) is 17.8 Å². The summed E-state index contributed by atoms with van der Waals surface area (Å²) in [5, 5.41) is -1.08. The highest BCUT2D eigenvalue weighted by Crippen LogP contribution is 2.26. The van der Waals surface area contributed by atoms with E-state index in [1.807, 2.05) is 0 Å². The predicted molar refractivity (Wildman–Crippen MR) is 58.7 cm³/mol. The minimum absolute atomic E-state index is 0.0622. The van der Waals surface area contributed by atoms with Gasteiger partial charge in [0.1, 0.15) is 5.25 Å². The number of methoxy groups -OCH3 is 1. The summed E-state index contributed by atoms with van der Waals surface area (Å²) >= 11 is 0.619. The first-order chi connectivity index (χ1) is 8.55. The molecule has 1 unspecified atom stereocenters. The van der Waals surface area contributed by atoms with Crippen LogP contribution in [0.5, 0.6) is 0 Å². The number of allylic oxidation sites excluding steroid dienone is 2. The van der Waals surface area contributed by atoms with Crippen LogP contribution in [0.4, 0.5) is 26.3 Å². The summed E-state index contributed by atoms with van der Waals surface area (Å²) in [5.74, 6) is -1.26. The number of rotatable bonds is 6. The highest BCUT2D eigenvalue weighted by Gasteiger charge is 2.28. The van der Waals surface area contributed by atoms with Crippen LogP contribution in [0.1, 0.15) is 12.8 Å². The van der Waals surface area contributed by atoms with Gasteiger partial charge in [0, 0.05) is 11.8 Å². The SMILES string of the molecule is COC(=O)C(CC=CC(F)(F)F)SCCC(F)(F)F. The highest BCUT2D eigenvalue weighted by atomic mass is 32.2. The number of hydrogen-bond donors (Lipinski definition) is 0. The molecule has 0 rings (SSSR count).